The predicted molar refractivity (Wildman–Crippen MR) is 57.3 cm³/mol. The lowest BCUT2D eigenvalue weighted by atomic mass is 10.1. The van der Waals surface area contributed by atoms with E-state index in [9.17, 15) is 4.79 Å². The van der Waals surface area contributed by atoms with Crippen molar-refractivity contribution in [2.75, 3.05) is 5.73 Å². The molecule has 0 radical (unpaired) electrons. The van der Waals surface area contributed by atoms with Crippen LogP contribution in [0.15, 0.2) is 35.3 Å². The smallest absolute Gasteiger partial charge is 0.376 e. The van der Waals surface area contributed by atoms with Crippen LogP contribution in [0, 0.1) is 0 Å². The molecule has 0 aliphatic carbocycles. The monoisotopic (exact) mass is 222 g/mol. The lowest BCUT2D eigenvalue weighted by Crippen LogP contribution is -2.40. The zero-order valence-electron chi connectivity index (χ0n) is 8.16. The zero-order valence-corrected chi connectivity index (χ0v) is 8.16. The van der Waals surface area contributed by atoms with Crippen molar-refractivity contribution in [3.8, 4) is 0 Å². The van der Waals surface area contributed by atoms with Crippen LogP contribution in [-0.2, 0) is 6.10 Å². The molecule has 6 nitrogen and oxygen atoms in total. The van der Waals surface area contributed by atoms with Crippen LogP contribution in [-0.4, -0.2) is 19.9 Å². The van der Waals surface area contributed by atoms with Gasteiger partial charge in [-0.1, -0.05) is 6.07 Å². The summed E-state index contributed by atoms with van der Waals surface area (Å²) in [6.07, 6.45) is -2.13. The van der Waals surface area contributed by atoms with Crippen LogP contribution < -0.4 is 11.3 Å². The van der Waals surface area contributed by atoms with Crippen LogP contribution in [0.25, 0.3) is 10.8 Å². The van der Waals surface area contributed by atoms with Crippen molar-refractivity contribution in [3.05, 3.63) is 40.8 Å². The number of anilines is 1. The summed E-state index contributed by atoms with van der Waals surface area (Å²) in [7, 11) is 0. The van der Waals surface area contributed by atoms with E-state index in [1.54, 1.807) is 12.1 Å². The van der Waals surface area contributed by atoms with E-state index in [1.807, 2.05) is 0 Å². The van der Waals surface area contributed by atoms with Gasteiger partial charge in [0.15, 0.2) is 0 Å². The fourth-order valence-electron chi connectivity index (χ4n) is 1.49. The van der Waals surface area contributed by atoms with E-state index in [2.05, 4.69) is 0 Å². The van der Waals surface area contributed by atoms with Gasteiger partial charge in [-0.05, 0) is 23.6 Å². The van der Waals surface area contributed by atoms with E-state index in [4.69, 9.17) is 21.1 Å². The molecule has 0 fully saturated rings. The Morgan fingerprint density at radius 3 is 2.50 bits per heavy atom. The van der Waals surface area contributed by atoms with Crippen molar-refractivity contribution in [1.82, 2.24) is 4.57 Å². The Bertz CT molecular complexity index is 598. The van der Waals surface area contributed by atoms with E-state index in [1.165, 1.54) is 12.1 Å². The lowest BCUT2D eigenvalue weighted by molar-refractivity contribution is -0.376. The molecule has 0 aliphatic heterocycles. The quantitative estimate of drug-likeness (QED) is 0.370. The minimum absolute atomic E-state index is 0.198. The fraction of sp³-hybridized carbons (Fsp3) is 0.100. The first kappa shape index (κ1) is 10.6. The normalized spacial score (nSPS) is 11.9. The lowest BCUT2D eigenvalue weighted by Gasteiger charge is -2.17. The van der Waals surface area contributed by atoms with Crippen molar-refractivity contribution >= 4 is 16.5 Å². The third-order valence-electron chi connectivity index (χ3n) is 2.25. The number of pyridine rings is 1. The van der Waals surface area contributed by atoms with E-state index in [-0.39, 0.29) is 5.39 Å². The molecule has 0 atom stereocenters. The first-order chi connectivity index (χ1) is 7.39. The number of benzene rings is 1. The molecule has 0 spiro atoms. The van der Waals surface area contributed by atoms with Gasteiger partial charge in [0.25, 0.3) is 5.56 Å². The highest BCUT2D eigenvalue weighted by Crippen LogP contribution is 2.14. The second-order valence-corrected chi connectivity index (χ2v) is 3.44. The Hall–Kier alpha value is -1.89. The molecule has 0 saturated carbocycles. The summed E-state index contributed by atoms with van der Waals surface area (Å²) in [5, 5.41) is 27.6. The van der Waals surface area contributed by atoms with Crippen LogP contribution >= 0.6 is 0 Å². The Balaban J connectivity index is 2.84. The Kier molecular flexibility index (Phi) is 2.20. The van der Waals surface area contributed by atoms with Gasteiger partial charge in [-0.15, -0.1) is 0 Å². The number of aliphatic hydroxyl groups is 3. The number of hydrogen-bond donors (Lipinski definition) is 4. The summed E-state index contributed by atoms with van der Waals surface area (Å²) in [6.45, 7) is 0. The van der Waals surface area contributed by atoms with Crippen LogP contribution in [0.2, 0.25) is 0 Å². The summed E-state index contributed by atoms with van der Waals surface area (Å²) in [4.78, 5) is 11.8. The molecule has 6 heteroatoms. The molecular weight excluding hydrogens is 212 g/mol. The number of aromatic nitrogens is 1. The van der Waals surface area contributed by atoms with Gasteiger partial charge in [-0.3, -0.25) is 4.79 Å². The van der Waals surface area contributed by atoms with Crippen LogP contribution in [0.3, 0.4) is 0 Å². The molecule has 0 bridgehead atoms. The fourth-order valence-corrected chi connectivity index (χ4v) is 1.49. The van der Waals surface area contributed by atoms with Crippen molar-refractivity contribution in [2.45, 2.75) is 6.10 Å². The second kappa shape index (κ2) is 3.31. The number of hydrogen-bond acceptors (Lipinski definition) is 5. The first-order valence-electron chi connectivity index (χ1n) is 4.48. The summed E-state index contributed by atoms with van der Waals surface area (Å²) in [5.41, 5.74) is 5.15. The topological polar surface area (TPSA) is 109 Å². The van der Waals surface area contributed by atoms with Crippen LogP contribution in [0.4, 0.5) is 5.69 Å². The van der Waals surface area contributed by atoms with Gasteiger partial charge in [0, 0.05) is 17.3 Å². The summed E-state index contributed by atoms with van der Waals surface area (Å²) in [5.74, 6) is 0. The van der Waals surface area contributed by atoms with Crippen molar-refractivity contribution in [3.63, 3.8) is 0 Å². The van der Waals surface area contributed by atoms with Gasteiger partial charge in [0.05, 0.1) is 0 Å². The molecule has 16 heavy (non-hydrogen) atoms. The van der Waals surface area contributed by atoms with Crippen molar-refractivity contribution < 1.29 is 15.3 Å². The second-order valence-electron chi connectivity index (χ2n) is 3.44. The number of nitrogen functional groups attached to an aromatic ring is 1. The van der Waals surface area contributed by atoms with Gasteiger partial charge in [-0.25, -0.2) is 4.57 Å². The van der Waals surface area contributed by atoms with Gasteiger partial charge in [0.2, 0.25) is 0 Å². The van der Waals surface area contributed by atoms with Gasteiger partial charge < -0.3 is 21.1 Å². The zero-order chi connectivity index (χ0) is 11.9. The van der Waals surface area contributed by atoms with Gasteiger partial charge in [0.1, 0.15) is 0 Å². The molecule has 0 saturated heterocycles. The molecule has 5 N–H and O–H groups in total. The predicted octanol–water partition coefficient (Wildman–Crippen LogP) is -0.872. The highest BCUT2D eigenvalue weighted by molar-refractivity contribution is 5.84. The average Bonchev–Trinajstić information content (AvgIpc) is 2.17. The molecule has 0 unspecified atom stereocenters. The highest BCUT2D eigenvalue weighted by atomic mass is 16.7. The molecule has 2 aromatic rings. The van der Waals surface area contributed by atoms with E-state index in [0.717, 1.165) is 6.20 Å². The summed E-state index contributed by atoms with van der Waals surface area (Å²) in [6, 6.07) is 6.12. The summed E-state index contributed by atoms with van der Waals surface area (Å²) < 4.78 is 0.398. The van der Waals surface area contributed by atoms with Crippen LogP contribution in [0.5, 0.6) is 0 Å². The van der Waals surface area contributed by atoms with Gasteiger partial charge >= 0.3 is 6.10 Å². The van der Waals surface area contributed by atoms with Crippen molar-refractivity contribution in [2.24, 2.45) is 0 Å². The third kappa shape index (κ3) is 1.65. The molecule has 1 aromatic heterocycles. The first-order valence-corrected chi connectivity index (χ1v) is 4.48. The number of fused-ring (bicyclic) bond motifs is 1. The minimum atomic E-state index is -3.21. The summed E-state index contributed by atoms with van der Waals surface area (Å²) >= 11 is 0. The molecule has 1 heterocycles. The SMILES string of the molecule is Nc1ccc2ccn(C(O)(O)O)c(=O)c2c1. The molecule has 0 aliphatic rings. The van der Waals surface area contributed by atoms with E-state index in [0.29, 0.717) is 15.6 Å². The molecule has 1 aromatic carbocycles. The minimum Gasteiger partial charge on any atom is -0.399 e. The number of nitrogens with two attached hydrogens (primary N) is 1. The number of rotatable bonds is 1. The molecule has 84 valence electrons. The third-order valence-corrected chi connectivity index (χ3v) is 2.25. The maximum Gasteiger partial charge on any atom is 0.376 e. The van der Waals surface area contributed by atoms with E-state index >= 15 is 0 Å². The highest BCUT2D eigenvalue weighted by Gasteiger charge is 2.23. The standard InChI is InChI=1S/C10H10N2O4/c11-7-2-1-6-3-4-12(10(14,15)16)9(13)8(6)5-7/h1-5,14-16H,11H2. The molecule has 2 rings (SSSR count). The Morgan fingerprint density at radius 1 is 1.19 bits per heavy atom. The van der Waals surface area contributed by atoms with Gasteiger partial charge in [-0.2, -0.15) is 0 Å². The Labute approximate surface area is 89.8 Å². The average molecular weight is 222 g/mol. The molecule has 0 amide bonds. The number of nitrogens with zero attached hydrogens (tertiary/aromatic N) is 1. The van der Waals surface area contributed by atoms with Crippen LogP contribution in [0.1, 0.15) is 0 Å². The van der Waals surface area contributed by atoms with E-state index < -0.39 is 11.7 Å². The largest absolute Gasteiger partial charge is 0.399 e. The van der Waals surface area contributed by atoms with Crippen molar-refractivity contribution in [1.29, 1.82) is 0 Å². The maximum absolute atomic E-state index is 11.8. The Morgan fingerprint density at radius 2 is 1.88 bits per heavy atom. The maximum atomic E-state index is 11.8. The molecular formula is C10H10N2O4.